The van der Waals surface area contributed by atoms with Gasteiger partial charge in [0.25, 0.3) is 0 Å². The highest BCUT2D eigenvalue weighted by Gasteiger charge is 2.09. The fourth-order valence-corrected chi connectivity index (χ4v) is 1.21. The highest BCUT2D eigenvalue weighted by molar-refractivity contribution is 5.98. The second-order valence-corrected chi connectivity index (χ2v) is 2.98. The molecule has 1 amide bonds. The molecule has 16 heavy (non-hydrogen) atoms. The zero-order chi connectivity index (χ0) is 12.1. The summed E-state index contributed by atoms with van der Waals surface area (Å²) in [5, 5.41) is 7.45. The lowest BCUT2D eigenvalue weighted by Gasteiger charge is -2.09. The molecule has 0 saturated heterocycles. The van der Waals surface area contributed by atoms with Gasteiger partial charge in [0.05, 0.1) is 7.11 Å². The third-order valence-electron chi connectivity index (χ3n) is 1.97. The molecule has 0 fully saturated rings. The second kappa shape index (κ2) is 5.13. The largest absolute Gasteiger partial charge is 0.496 e. The summed E-state index contributed by atoms with van der Waals surface area (Å²) in [6.07, 6.45) is -1.02. The molecule has 1 aromatic carbocycles. The fourth-order valence-electron chi connectivity index (χ4n) is 1.21. The molecule has 0 atom stereocenters. The SMILES string of the molecule is COc1cc(C(=N)OC(N)=O)ccc1CN. The predicted molar refractivity (Wildman–Crippen MR) is 58.4 cm³/mol. The molecule has 6 nitrogen and oxygen atoms in total. The number of hydrogen-bond acceptors (Lipinski definition) is 5. The number of rotatable bonds is 3. The van der Waals surface area contributed by atoms with Crippen molar-refractivity contribution < 1.29 is 14.3 Å². The van der Waals surface area contributed by atoms with E-state index >= 15 is 0 Å². The number of amides is 1. The molecule has 1 rings (SSSR count). The molecule has 0 aliphatic rings. The van der Waals surface area contributed by atoms with Crippen LogP contribution in [-0.4, -0.2) is 19.1 Å². The molecular weight excluding hydrogens is 210 g/mol. The molecule has 0 radical (unpaired) electrons. The molecule has 6 heteroatoms. The van der Waals surface area contributed by atoms with Crippen molar-refractivity contribution >= 4 is 12.0 Å². The quantitative estimate of drug-likeness (QED) is 0.513. The van der Waals surface area contributed by atoms with Gasteiger partial charge in [-0.3, -0.25) is 5.41 Å². The van der Waals surface area contributed by atoms with E-state index in [1.54, 1.807) is 18.2 Å². The van der Waals surface area contributed by atoms with Crippen molar-refractivity contribution in [2.75, 3.05) is 7.11 Å². The first-order valence-electron chi connectivity index (χ1n) is 4.51. The number of nitrogens with two attached hydrogens (primary N) is 2. The normalized spacial score (nSPS) is 9.62. The number of carbonyl (C=O) groups excluding carboxylic acids is 1. The van der Waals surface area contributed by atoms with E-state index in [1.165, 1.54) is 7.11 Å². The van der Waals surface area contributed by atoms with Gasteiger partial charge in [-0.2, -0.15) is 0 Å². The van der Waals surface area contributed by atoms with E-state index in [2.05, 4.69) is 4.74 Å². The zero-order valence-electron chi connectivity index (χ0n) is 8.82. The zero-order valence-corrected chi connectivity index (χ0v) is 8.82. The molecule has 0 bridgehead atoms. The van der Waals surface area contributed by atoms with Crippen molar-refractivity contribution in [1.29, 1.82) is 5.41 Å². The number of nitrogens with one attached hydrogen (secondary N) is 1. The lowest BCUT2D eigenvalue weighted by molar-refractivity contribution is 0.208. The minimum Gasteiger partial charge on any atom is -0.496 e. The van der Waals surface area contributed by atoms with Gasteiger partial charge in [0.1, 0.15) is 5.75 Å². The molecular formula is C10H13N3O3. The van der Waals surface area contributed by atoms with Crippen LogP contribution >= 0.6 is 0 Å². The monoisotopic (exact) mass is 223 g/mol. The van der Waals surface area contributed by atoms with Crippen molar-refractivity contribution in [3.05, 3.63) is 29.3 Å². The first-order chi connectivity index (χ1) is 7.58. The first kappa shape index (κ1) is 12.0. The number of primary amides is 1. The Labute approximate surface area is 92.6 Å². The van der Waals surface area contributed by atoms with E-state index in [9.17, 15) is 4.79 Å². The van der Waals surface area contributed by atoms with Crippen LogP contribution in [0.5, 0.6) is 5.75 Å². The maximum atomic E-state index is 10.5. The number of ether oxygens (including phenoxy) is 2. The first-order valence-corrected chi connectivity index (χ1v) is 4.51. The molecule has 0 aliphatic heterocycles. The molecule has 1 aromatic rings. The van der Waals surface area contributed by atoms with Crippen molar-refractivity contribution in [2.45, 2.75) is 6.54 Å². The van der Waals surface area contributed by atoms with Gasteiger partial charge in [0.2, 0.25) is 5.90 Å². The molecule has 0 heterocycles. The van der Waals surface area contributed by atoms with Crippen LogP contribution in [0.4, 0.5) is 4.79 Å². The lowest BCUT2D eigenvalue weighted by atomic mass is 10.1. The minimum atomic E-state index is -1.02. The van der Waals surface area contributed by atoms with E-state index in [0.29, 0.717) is 17.9 Å². The molecule has 0 unspecified atom stereocenters. The Bertz CT molecular complexity index is 418. The average Bonchev–Trinajstić information content (AvgIpc) is 2.27. The van der Waals surface area contributed by atoms with E-state index in [1.807, 2.05) is 0 Å². The van der Waals surface area contributed by atoms with Crippen LogP contribution < -0.4 is 16.2 Å². The smallest absolute Gasteiger partial charge is 0.411 e. The van der Waals surface area contributed by atoms with Gasteiger partial charge < -0.3 is 20.9 Å². The highest BCUT2D eigenvalue weighted by atomic mass is 16.6. The maximum Gasteiger partial charge on any atom is 0.411 e. The number of benzene rings is 1. The molecule has 0 spiro atoms. The fraction of sp³-hybridized carbons (Fsp3) is 0.200. The van der Waals surface area contributed by atoms with Crippen LogP contribution in [0.25, 0.3) is 0 Å². The van der Waals surface area contributed by atoms with E-state index in [-0.39, 0.29) is 5.90 Å². The summed E-state index contributed by atoms with van der Waals surface area (Å²) in [6.45, 7) is 0.327. The summed E-state index contributed by atoms with van der Waals surface area (Å²) in [7, 11) is 1.50. The minimum absolute atomic E-state index is 0.325. The van der Waals surface area contributed by atoms with Gasteiger partial charge >= 0.3 is 6.09 Å². The number of hydrogen-bond donors (Lipinski definition) is 3. The summed E-state index contributed by atoms with van der Waals surface area (Å²) in [5.74, 6) is 0.215. The van der Waals surface area contributed by atoms with E-state index < -0.39 is 6.09 Å². The Hall–Kier alpha value is -2.08. The third-order valence-corrected chi connectivity index (χ3v) is 1.97. The summed E-state index contributed by atoms with van der Waals surface area (Å²) in [5.41, 5.74) is 11.5. The molecule has 5 N–H and O–H groups in total. The molecule has 0 saturated carbocycles. The van der Waals surface area contributed by atoms with E-state index in [4.69, 9.17) is 21.6 Å². The Morgan fingerprint density at radius 2 is 2.19 bits per heavy atom. The Morgan fingerprint density at radius 1 is 1.50 bits per heavy atom. The average molecular weight is 223 g/mol. The van der Waals surface area contributed by atoms with Gasteiger partial charge in [-0.15, -0.1) is 0 Å². The van der Waals surface area contributed by atoms with Crippen LogP contribution in [0.1, 0.15) is 11.1 Å². The van der Waals surface area contributed by atoms with Gasteiger partial charge in [-0.1, -0.05) is 6.07 Å². The van der Waals surface area contributed by atoms with Crippen LogP contribution in [0.2, 0.25) is 0 Å². The van der Waals surface area contributed by atoms with Crippen molar-refractivity contribution in [3.63, 3.8) is 0 Å². The summed E-state index contributed by atoms with van der Waals surface area (Å²) >= 11 is 0. The van der Waals surface area contributed by atoms with Crippen LogP contribution in [0, 0.1) is 5.41 Å². The van der Waals surface area contributed by atoms with Gasteiger partial charge in [-0.25, -0.2) is 4.79 Å². The van der Waals surface area contributed by atoms with Crippen molar-refractivity contribution in [3.8, 4) is 5.75 Å². The standard InChI is InChI=1S/C10H13N3O3/c1-15-8-4-6(2-3-7(8)5-11)9(12)16-10(13)14/h2-4,12H,5,11H2,1H3,(H2,13,14). The molecule has 86 valence electrons. The van der Waals surface area contributed by atoms with Crippen LogP contribution in [0.15, 0.2) is 18.2 Å². The Morgan fingerprint density at radius 3 is 2.69 bits per heavy atom. The van der Waals surface area contributed by atoms with Gasteiger partial charge in [-0.05, 0) is 12.1 Å². The summed E-state index contributed by atoms with van der Waals surface area (Å²) in [4.78, 5) is 10.5. The van der Waals surface area contributed by atoms with Crippen LogP contribution in [-0.2, 0) is 11.3 Å². The highest BCUT2D eigenvalue weighted by Crippen LogP contribution is 2.20. The molecule has 0 aromatic heterocycles. The van der Waals surface area contributed by atoms with Gasteiger partial charge in [0, 0.05) is 17.7 Å². The number of methoxy groups -OCH3 is 1. The maximum absolute atomic E-state index is 10.5. The van der Waals surface area contributed by atoms with Crippen LogP contribution in [0.3, 0.4) is 0 Å². The summed E-state index contributed by atoms with van der Waals surface area (Å²) in [6, 6.07) is 4.87. The van der Waals surface area contributed by atoms with Crippen molar-refractivity contribution in [2.24, 2.45) is 11.5 Å². The predicted octanol–water partition coefficient (Wildman–Crippen LogP) is 0.575. The second-order valence-electron chi connectivity index (χ2n) is 2.98. The Balaban J connectivity index is 2.98. The number of carbonyl (C=O) groups is 1. The lowest BCUT2D eigenvalue weighted by Crippen LogP contribution is -2.18. The molecule has 0 aliphatic carbocycles. The summed E-state index contributed by atoms with van der Waals surface area (Å²) < 4.78 is 9.53. The van der Waals surface area contributed by atoms with Gasteiger partial charge in [0.15, 0.2) is 0 Å². The van der Waals surface area contributed by atoms with E-state index in [0.717, 1.165) is 5.56 Å². The Kier molecular flexibility index (Phi) is 3.84. The third kappa shape index (κ3) is 2.71. The van der Waals surface area contributed by atoms with Crippen molar-refractivity contribution in [1.82, 2.24) is 0 Å². The topological polar surface area (TPSA) is 111 Å².